The summed E-state index contributed by atoms with van der Waals surface area (Å²) in [6.45, 7) is 25.8. The first-order chi connectivity index (χ1) is 23.6. The Bertz CT molecular complexity index is 1090. The molecule has 1 aromatic rings. The number of likely N-dealkylation sites (tertiary alicyclic amines) is 1. The SMILES string of the molecule is CC(C)CC1CNCC1C(=O)O.CC(C)CC=O.CCOC(=O)/C=C/CC(C)C.CCOC(=O)C1CN(Cc2ccccc2)CC1CC(C)C. The molecule has 0 radical (unpaired) electrons. The number of nitrogens with zero attached hydrogens (tertiary/aromatic N) is 1. The van der Waals surface area contributed by atoms with Gasteiger partial charge in [0.05, 0.1) is 25.0 Å². The Kier molecular flexibility index (Phi) is 26.0. The van der Waals surface area contributed by atoms with Crippen molar-refractivity contribution < 1.29 is 33.8 Å². The largest absolute Gasteiger partial charge is 0.481 e. The summed E-state index contributed by atoms with van der Waals surface area (Å²) in [5.41, 5.74) is 1.31. The Morgan fingerprint density at radius 3 is 1.86 bits per heavy atom. The van der Waals surface area contributed by atoms with Crippen molar-refractivity contribution in [3.8, 4) is 0 Å². The standard InChI is InChI=1S/C18H27NO2.C9H17NO2.C9H16O2.C5H10O/c1-4-21-18(20)17-13-19(12-16(17)10-14(2)3)11-15-8-6-5-7-9-15;1-6(2)3-7-4-10-5-8(7)9(11)12;1-4-11-9(10)7-5-6-8(2)3;1-5(2)3-4-6/h5-9,14,16-17H,4,10-13H2,1-3H3;6-8,10H,3-5H2,1-2H3,(H,11,12);5,7-8H,4,6H2,1-3H3;4-5H,3H2,1-2H3/b;;7-5+;. The van der Waals surface area contributed by atoms with E-state index < -0.39 is 5.97 Å². The minimum atomic E-state index is -0.648. The highest BCUT2D eigenvalue weighted by molar-refractivity contribution is 5.81. The van der Waals surface area contributed by atoms with Gasteiger partial charge in [0.15, 0.2) is 0 Å². The minimum absolute atomic E-state index is 0.0151. The van der Waals surface area contributed by atoms with Crippen LogP contribution in [0.2, 0.25) is 0 Å². The van der Waals surface area contributed by atoms with Crippen LogP contribution in [0, 0.1) is 47.3 Å². The lowest BCUT2D eigenvalue weighted by atomic mass is 9.88. The molecular weight excluding hydrogens is 632 g/mol. The normalized spacial score (nSPS) is 20.1. The van der Waals surface area contributed by atoms with Gasteiger partial charge in [0.2, 0.25) is 0 Å². The number of carboxylic acid groups (broad SMARTS) is 1. The quantitative estimate of drug-likeness (QED) is 0.108. The first kappa shape index (κ1) is 47.0. The van der Waals surface area contributed by atoms with E-state index in [1.54, 1.807) is 6.92 Å². The van der Waals surface area contributed by atoms with Crippen LogP contribution >= 0.6 is 0 Å². The summed E-state index contributed by atoms with van der Waals surface area (Å²) in [6.07, 6.45) is 8.02. The molecule has 50 heavy (non-hydrogen) atoms. The zero-order valence-corrected chi connectivity index (χ0v) is 32.9. The lowest BCUT2D eigenvalue weighted by Crippen LogP contribution is -2.26. The molecule has 2 heterocycles. The van der Waals surface area contributed by atoms with Gasteiger partial charge in [0, 0.05) is 38.7 Å². The number of rotatable bonds is 15. The van der Waals surface area contributed by atoms with Crippen molar-refractivity contribution in [2.45, 2.75) is 101 Å². The topological polar surface area (TPSA) is 122 Å². The van der Waals surface area contributed by atoms with Gasteiger partial charge in [-0.05, 0) is 80.7 Å². The summed E-state index contributed by atoms with van der Waals surface area (Å²) in [6, 6.07) is 10.5. The molecule has 2 saturated heterocycles. The molecule has 1 aromatic carbocycles. The number of carbonyl (C=O) groups is 4. The number of nitrogens with one attached hydrogen (secondary N) is 1. The number of esters is 2. The first-order valence-corrected chi connectivity index (χ1v) is 18.8. The van der Waals surface area contributed by atoms with Crippen molar-refractivity contribution in [3.05, 3.63) is 48.0 Å². The fourth-order valence-corrected chi connectivity index (χ4v) is 5.99. The second-order valence-corrected chi connectivity index (χ2v) is 15.0. The van der Waals surface area contributed by atoms with Crippen molar-refractivity contribution in [2.75, 3.05) is 39.4 Å². The Morgan fingerprint density at radius 2 is 1.38 bits per heavy atom. The van der Waals surface area contributed by atoms with Crippen LogP contribution in [-0.4, -0.2) is 73.6 Å². The summed E-state index contributed by atoms with van der Waals surface area (Å²) < 4.78 is 9.97. The van der Waals surface area contributed by atoms with Gasteiger partial charge in [0.25, 0.3) is 0 Å². The molecule has 0 aromatic heterocycles. The Labute approximate surface area is 303 Å². The molecule has 2 N–H and O–H groups in total. The predicted molar refractivity (Wildman–Crippen MR) is 202 cm³/mol. The molecule has 3 rings (SSSR count). The van der Waals surface area contributed by atoms with Gasteiger partial charge in [-0.15, -0.1) is 0 Å². The van der Waals surface area contributed by atoms with E-state index in [2.05, 4.69) is 76.0 Å². The van der Waals surface area contributed by atoms with E-state index in [1.165, 1.54) is 11.6 Å². The fourth-order valence-electron chi connectivity index (χ4n) is 5.99. The van der Waals surface area contributed by atoms with E-state index in [9.17, 15) is 19.2 Å². The van der Waals surface area contributed by atoms with Crippen LogP contribution in [-0.2, 0) is 35.2 Å². The number of allylic oxidation sites excluding steroid dienone is 1. The van der Waals surface area contributed by atoms with Gasteiger partial charge in [-0.1, -0.05) is 91.8 Å². The molecule has 0 saturated carbocycles. The molecule has 0 bridgehead atoms. The zero-order chi connectivity index (χ0) is 38.1. The van der Waals surface area contributed by atoms with E-state index in [-0.39, 0.29) is 23.8 Å². The van der Waals surface area contributed by atoms with Gasteiger partial charge < -0.3 is 24.7 Å². The van der Waals surface area contributed by atoms with Gasteiger partial charge in [0.1, 0.15) is 6.29 Å². The number of benzene rings is 1. The maximum Gasteiger partial charge on any atom is 0.330 e. The minimum Gasteiger partial charge on any atom is -0.481 e. The lowest BCUT2D eigenvalue weighted by Gasteiger charge is -2.18. The molecule has 0 aliphatic carbocycles. The van der Waals surface area contributed by atoms with Gasteiger partial charge in [-0.3, -0.25) is 14.5 Å². The maximum absolute atomic E-state index is 12.2. The van der Waals surface area contributed by atoms with Crippen LogP contribution < -0.4 is 5.32 Å². The summed E-state index contributed by atoms with van der Waals surface area (Å²) >= 11 is 0. The average Bonchev–Trinajstić information content (AvgIpc) is 3.65. The van der Waals surface area contributed by atoms with Crippen molar-refractivity contribution in [1.29, 1.82) is 0 Å². The molecule has 0 amide bonds. The maximum atomic E-state index is 12.2. The van der Waals surface area contributed by atoms with Gasteiger partial charge in [-0.25, -0.2) is 4.79 Å². The van der Waals surface area contributed by atoms with E-state index in [1.807, 2.05) is 32.9 Å². The van der Waals surface area contributed by atoms with Crippen LogP contribution in [0.15, 0.2) is 42.5 Å². The van der Waals surface area contributed by atoms with E-state index in [0.29, 0.717) is 61.7 Å². The van der Waals surface area contributed by atoms with E-state index in [0.717, 1.165) is 51.7 Å². The number of hydrogen-bond donors (Lipinski definition) is 2. The van der Waals surface area contributed by atoms with Crippen molar-refractivity contribution in [3.63, 3.8) is 0 Å². The zero-order valence-electron chi connectivity index (χ0n) is 32.9. The highest BCUT2D eigenvalue weighted by Crippen LogP contribution is 2.31. The molecule has 2 aliphatic heterocycles. The van der Waals surface area contributed by atoms with E-state index >= 15 is 0 Å². The molecule has 9 nitrogen and oxygen atoms in total. The number of carboxylic acids is 1. The molecule has 0 spiro atoms. The van der Waals surface area contributed by atoms with Gasteiger partial charge in [-0.2, -0.15) is 0 Å². The Morgan fingerprint density at radius 1 is 0.800 bits per heavy atom. The monoisotopic (exact) mass is 703 g/mol. The van der Waals surface area contributed by atoms with Gasteiger partial charge >= 0.3 is 17.9 Å². The number of hydrogen-bond acceptors (Lipinski definition) is 8. The highest BCUT2D eigenvalue weighted by atomic mass is 16.5. The number of aliphatic carboxylic acids is 1. The molecule has 2 aliphatic rings. The second-order valence-electron chi connectivity index (χ2n) is 15.0. The van der Waals surface area contributed by atoms with E-state index in [4.69, 9.17) is 14.6 Å². The molecular formula is C41H70N2O7. The number of carbonyl (C=O) groups excluding carboxylic acids is 3. The summed E-state index contributed by atoms with van der Waals surface area (Å²) in [4.78, 5) is 45.7. The van der Waals surface area contributed by atoms with Crippen molar-refractivity contribution >= 4 is 24.2 Å². The van der Waals surface area contributed by atoms with Crippen molar-refractivity contribution in [1.82, 2.24) is 10.2 Å². The summed E-state index contributed by atoms with van der Waals surface area (Å²) in [5.74, 6) is 2.07. The smallest absolute Gasteiger partial charge is 0.330 e. The van der Waals surface area contributed by atoms with Crippen LogP contribution in [0.3, 0.4) is 0 Å². The molecule has 2 fully saturated rings. The van der Waals surface area contributed by atoms with Crippen LogP contribution in [0.5, 0.6) is 0 Å². The lowest BCUT2D eigenvalue weighted by molar-refractivity contribution is -0.149. The van der Waals surface area contributed by atoms with Crippen LogP contribution in [0.4, 0.5) is 0 Å². The molecule has 4 unspecified atom stereocenters. The third-order valence-electron chi connectivity index (χ3n) is 8.28. The summed E-state index contributed by atoms with van der Waals surface area (Å²) in [5, 5.41) is 12.0. The second kappa shape index (κ2) is 27.7. The average molecular weight is 703 g/mol. The number of aldehydes is 1. The highest BCUT2D eigenvalue weighted by Gasteiger charge is 2.38. The summed E-state index contributed by atoms with van der Waals surface area (Å²) in [7, 11) is 0. The first-order valence-electron chi connectivity index (χ1n) is 18.8. The van der Waals surface area contributed by atoms with Crippen LogP contribution in [0.25, 0.3) is 0 Å². The fraction of sp³-hybridized carbons (Fsp3) is 0.707. The molecule has 9 heteroatoms. The molecule has 286 valence electrons. The van der Waals surface area contributed by atoms with Crippen LogP contribution in [0.1, 0.15) is 100 Å². The Hall–Kier alpha value is -3.04. The third-order valence-corrected chi connectivity index (χ3v) is 8.28. The Balaban J connectivity index is 0.000000708. The van der Waals surface area contributed by atoms with Crippen molar-refractivity contribution in [2.24, 2.45) is 47.3 Å². The third kappa shape index (κ3) is 22.6. The predicted octanol–water partition coefficient (Wildman–Crippen LogP) is 7.68. The molecule has 4 atom stereocenters. The number of ether oxygens (including phenoxy) is 2.